The molecule has 0 saturated heterocycles. The Hall–Kier alpha value is -3.07. The molecule has 1 amide bonds. The molecule has 9 nitrogen and oxygen atoms in total. The first-order valence-corrected chi connectivity index (χ1v) is 17.3. The third-order valence-corrected chi connectivity index (χ3v) is 8.39. The molecule has 0 bridgehead atoms. The monoisotopic (exact) mass is 643 g/mol. The van der Waals surface area contributed by atoms with Gasteiger partial charge in [-0.25, -0.2) is 4.98 Å². The Labute approximate surface area is 274 Å². The fourth-order valence-electron chi connectivity index (χ4n) is 5.36. The number of aromatic nitrogens is 4. The summed E-state index contributed by atoms with van der Waals surface area (Å²) in [7, 11) is 1.56. The summed E-state index contributed by atoms with van der Waals surface area (Å²) in [6, 6.07) is 5.23. The van der Waals surface area contributed by atoms with Gasteiger partial charge < -0.3 is 14.8 Å². The van der Waals surface area contributed by atoms with E-state index in [4.69, 9.17) is 21.1 Å². The Kier molecular flexibility index (Phi) is 15.2. The number of H-pyrrole nitrogens is 1. The van der Waals surface area contributed by atoms with E-state index < -0.39 is 0 Å². The van der Waals surface area contributed by atoms with E-state index in [1.54, 1.807) is 29.9 Å². The molecule has 0 saturated carbocycles. The quantitative estimate of drug-likeness (QED) is 0.0883. The number of nitrogens with zero attached hydrogens (tertiary/aromatic N) is 3. The molecular formula is C35H54ClN5O4. The largest absolute Gasteiger partial charge is 0.496 e. The maximum absolute atomic E-state index is 12.6. The van der Waals surface area contributed by atoms with Gasteiger partial charge in [-0.15, -0.1) is 5.10 Å². The van der Waals surface area contributed by atoms with Crippen LogP contribution in [-0.4, -0.2) is 45.4 Å². The van der Waals surface area contributed by atoms with Gasteiger partial charge in [-0.05, 0) is 24.6 Å². The van der Waals surface area contributed by atoms with Crippen LogP contribution in [0.1, 0.15) is 136 Å². The summed E-state index contributed by atoms with van der Waals surface area (Å²) >= 11 is 6.59. The number of halogens is 1. The highest BCUT2D eigenvalue weighted by Gasteiger charge is 2.25. The van der Waals surface area contributed by atoms with E-state index in [1.807, 2.05) is 0 Å². The summed E-state index contributed by atoms with van der Waals surface area (Å²) in [5.74, 6) is 0.338. The van der Waals surface area contributed by atoms with Gasteiger partial charge in [0.05, 0.1) is 31.4 Å². The van der Waals surface area contributed by atoms with Crippen molar-refractivity contribution < 1.29 is 19.1 Å². The molecule has 2 N–H and O–H groups in total. The van der Waals surface area contributed by atoms with Gasteiger partial charge in [0.15, 0.2) is 11.5 Å². The van der Waals surface area contributed by atoms with Crippen LogP contribution in [-0.2, 0) is 19.7 Å². The minimum atomic E-state index is -0.348. The summed E-state index contributed by atoms with van der Waals surface area (Å²) < 4.78 is 12.4. The summed E-state index contributed by atoms with van der Waals surface area (Å²) in [6.07, 6.45) is 18.0. The number of carbonyl (C=O) groups excluding carboxylic acids is 2. The first-order valence-electron chi connectivity index (χ1n) is 16.9. The molecule has 0 aliphatic carbocycles. The number of hydrogen-bond donors (Lipinski definition) is 2. The van der Waals surface area contributed by atoms with Crippen molar-refractivity contribution in [2.75, 3.05) is 19.0 Å². The van der Waals surface area contributed by atoms with E-state index in [0.29, 0.717) is 40.1 Å². The van der Waals surface area contributed by atoms with Crippen LogP contribution < -0.4 is 10.1 Å². The number of benzene rings is 1. The number of carbonyl (C=O) groups is 2. The fourth-order valence-corrected chi connectivity index (χ4v) is 5.81. The van der Waals surface area contributed by atoms with Gasteiger partial charge in [-0.1, -0.05) is 123 Å². The van der Waals surface area contributed by atoms with E-state index in [-0.39, 0.29) is 30.1 Å². The molecular weight excluding hydrogens is 590 g/mol. The van der Waals surface area contributed by atoms with Crippen LogP contribution in [0.4, 0.5) is 5.69 Å². The number of hydrogen-bond acceptors (Lipinski definition) is 6. The second-order valence-electron chi connectivity index (χ2n) is 13.0. The molecule has 0 fully saturated rings. The normalized spacial score (nSPS) is 11.7. The molecule has 3 rings (SSSR count). The van der Waals surface area contributed by atoms with Crippen molar-refractivity contribution in [2.24, 2.45) is 0 Å². The lowest BCUT2D eigenvalue weighted by atomic mass is 9.92. The number of nitrogens with one attached hydrogen (secondary N) is 2. The highest BCUT2D eigenvalue weighted by Crippen LogP contribution is 2.35. The number of fused-ring (bicyclic) bond motifs is 1. The number of ether oxygens (including phenoxy) is 2. The van der Waals surface area contributed by atoms with Crippen LogP contribution in [0, 0.1) is 0 Å². The zero-order valence-electron chi connectivity index (χ0n) is 28.1. The Morgan fingerprint density at radius 3 is 2.07 bits per heavy atom. The molecule has 0 aliphatic rings. The number of anilines is 1. The Morgan fingerprint density at radius 1 is 0.911 bits per heavy atom. The summed E-state index contributed by atoms with van der Waals surface area (Å²) in [6.45, 7) is 8.84. The third-order valence-electron chi connectivity index (χ3n) is 8.03. The summed E-state index contributed by atoms with van der Waals surface area (Å²) in [5.41, 5.74) is 2.32. The van der Waals surface area contributed by atoms with Crippen molar-refractivity contribution in [1.29, 1.82) is 0 Å². The van der Waals surface area contributed by atoms with E-state index in [2.05, 4.69) is 48.2 Å². The Balaban J connectivity index is 1.32. The van der Waals surface area contributed by atoms with Gasteiger partial charge in [-0.3, -0.25) is 14.7 Å². The second kappa shape index (κ2) is 18.8. The van der Waals surface area contributed by atoms with Crippen LogP contribution >= 0.6 is 11.6 Å². The zero-order chi connectivity index (χ0) is 32.7. The topological polar surface area (TPSA) is 111 Å². The lowest BCUT2D eigenvalue weighted by molar-refractivity contribution is -0.144. The molecule has 45 heavy (non-hydrogen) atoms. The number of unbranched alkanes of at least 4 members (excludes halogenated alkanes) is 13. The predicted molar refractivity (Wildman–Crippen MR) is 182 cm³/mol. The SMILES string of the molecule is CCCCCCCCCCCCCCCCOC(=O)CCC(=O)Nc1ccc(OC)c(-c2nc3c(Cl)c(C(C)(C)C)[nH]n3n2)c1. The van der Waals surface area contributed by atoms with Gasteiger partial charge in [-0.2, -0.15) is 4.63 Å². The number of amides is 1. The van der Waals surface area contributed by atoms with Gasteiger partial charge in [0.25, 0.3) is 0 Å². The number of rotatable bonds is 21. The second-order valence-corrected chi connectivity index (χ2v) is 13.4. The maximum Gasteiger partial charge on any atom is 0.306 e. The number of methoxy groups -OCH3 is 1. The summed E-state index contributed by atoms with van der Waals surface area (Å²) in [4.78, 5) is 29.4. The van der Waals surface area contributed by atoms with E-state index in [0.717, 1.165) is 18.5 Å². The highest BCUT2D eigenvalue weighted by atomic mass is 35.5. The van der Waals surface area contributed by atoms with Gasteiger partial charge >= 0.3 is 5.97 Å². The van der Waals surface area contributed by atoms with Crippen LogP contribution in [0.3, 0.4) is 0 Å². The molecule has 2 aromatic heterocycles. The van der Waals surface area contributed by atoms with Crippen molar-refractivity contribution in [1.82, 2.24) is 19.8 Å². The third kappa shape index (κ3) is 12.0. The van der Waals surface area contributed by atoms with Gasteiger partial charge in [0, 0.05) is 17.5 Å². The fraction of sp³-hybridized carbons (Fsp3) is 0.657. The molecule has 1 aromatic carbocycles. The molecule has 10 heteroatoms. The molecule has 0 atom stereocenters. The average Bonchev–Trinajstić information content (AvgIpc) is 3.57. The first kappa shape index (κ1) is 36.4. The van der Waals surface area contributed by atoms with Crippen LogP contribution in [0.25, 0.3) is 17.0 Å². The molecule has 2 heterocycles. The van der Waals surface area contributed by atoms with Crippen molar-refractivity contribution in [2.45, 2.75) is 136 Å². The molecule has 0 aliphatic heterocycles. The van der Waals surface area contributed by atoms with E-state index in [9.17, 15) is 9.59 Å². The summed E-state index contributed by atoms with van der Waals surface area (Å²) in [5, 5.41) is 11.1. The minimum Gasteiger partial charge on any atom is -0.496 e. The highest BCUT2D eigenvalue weighted by molar-refractivity contribution is 6.34. The van der Waals surface area contributed by atoms with Crippen molar-refractivity contribution >= 4 is 34.8 Å². The van der Waals surface area contributed by atoms with Gasteiger partial charge in [0.1, 0.15) is 10.8 Å². The maximum atomic E-state index is 12.6. The molecule has 0 unspecified atom stereocenters. The van der Waals surface area contributed by atoms with Crippen molar-refractivity contribution in [3.8, 4) is 17.1 Å². The first-order chi connectivity index (χ1) is 21.6. The Bertz CT molecular complexity index is 1340. The van der Waals surface area contributed by atoms with Crippen molar-refractivity contribution in [3.63, 3.8) is 0 Å². The lowest BCUT2D eigenvalue weighted by Crippen LogP contribution is -2.15. The number of esters is 1. The minimum absolute atomic E-state index is 0.0371. The average molecular weight is 644 g/mol. The molecule has 0 radical (unpaired) electrons. The molecule has 3 aromatic rings. The van der Waals surface area contributed by atoms with Crippen molar-refractivity contribution in [3.05, 3.63) is 28.9 Å². The predicted octanol–water partition coefficient (Wildman–Crippen LogP) is 9.43. The van der Waals surface area contributed by atoms with Crippen LogP contribution in [0.5, 0.6) is 5.75 Å². The Morgan fingerprint density at radius 2 is 1.51 bits per heavy atom. The van der Waals surface area contributed by atoms with Crippen LogP contribution in [0.15, 0.2) is 18.2 Å². The van der Waals surface area contributed by atoms with E-state index >= 15 is 0 Å². The van der Waals surface area contributed by atoms with Crippen LogP contribution in [0.2, 0.25) is 5.02 Å². The lowest BCUT2D eigenvalue weighted by Gasteiger charge is -2.16. The smallest absolute Gasteiger partial charge is 0.306 e. The van der Waals surface area contributed by atoms with Gasteiger partial charge in [0.2, 0.25) is 5.91 Å². The molecule has 0 spiro atoms. The standard InChI is InChI=1S/C35H54ClN5O4/c1-6-7-8-9-10-11-12-13-14-15-16-17-18-19-24-45-30(43)23-22-29(42)37-26-20-21-28(44-5)27(25-26)33-38-34-31(36)32(35(2,3)4)39-41(34)40-33/h20-21,25,39H,6-19,22-24H2,1-5H3,(H,37,42). The zero-order valence-corrected chi connectivity index (χ0v) is 28.9. The number of aromatic amines is 1. The van der Waals surface area contributed by atoms with E-state index in [1.165, 1.54) is 77.0 Å². The molecule has 250 valence electrons.